The van der Waals surface area contributed by atoms with Crippen LogP contribution >= 0.6 is 0 Å². The third-order valence-electron chi connectivity index (χ3n) is 7.87. The Labute approximate surface area is 207 Å². The SMILES string of the molecule is COCCOCOC[C@@H](C)[C@@H]1CC(=O)[C@@]2(C)C/C=C(/C)CC/C=C(\C)CCC(=O)/C(C)=C\C[C@H]12. The Morgan fingerprint density at radius 1 is 1.00 bits per heavy atom. The summed E-state index contributed by atoms with van der Waals surface area (Å²) < 4.78 is 16.2. The van der Waals surface area contributed by atoms with E-state index in [-0.39, 0.29) is 30.3 Å². The van der Waals surface area contributed by atoms with E-state index in [0.717, 1.165) is 37.7 Å². The van der Waals surface area contributed by atoms with Gasteiger partial charge in [0, 0.05) is 25.4 Å². The van der Waals surface area contributed by atoms with Crippen molar-refractivity contribution < 1.29 is 23.8 Å². The molecule has 0 saturated heterocycles. The van der Waals surface area contributed by atoms with E-state index in [4.69, 9.17) is 14.2 Å². The zero-order chi connectivity index (χ0) is 25.1. The molecule has 0 aromatic carbocycles. The van der Waals surface area contributed by atoms with Crippen LogP contribution in [0.15, 0.2) is 34.9 Å². The fourth-order valence-corrected chi connectivity index (χ4v) is 5.25. The van der Waals surface area contributed by atoms with Gasteiger partial charge in [0.15, 0.2) is 5.78 Å². The van der Waals surface area contributed by atoms with Crippen molar-refractivity contribution in [2.75, 3.05) is 33.7 Å². The predicted molar refractivity (Wildman–Crippen MR) is 137 cm³/mol. The first-order chi connectivity index (χ1) is 16.2. The highest BCUT2D eigenvalue weighted by molar-refractivity contribution is 5.94. The van der Waals surface area contributed by atoms with E-state index in [1.54, 1.807) is 7.11 Å². The number of allylic oxidation sites excluding steroid dienone is 6. The van der Waals surface area contributed by atoms with Gasteiger partial charge in [-0.25, -0.2) is 0 Å². The van der Waals surface area contributed by atoms with Crippen LogP contribution in [-0.4, -0.2) is 45.3 Å². The molecule has 1 saturated carbocycles. The minimum Gasteiger partial charge on any atom is -0.382 e. The summed E-state index contributed by atoms with van der Waals surface area (Å²) in [4.78, 5) is 26.1. The topological polar surface area (TPSA) is 61.8 Å². The lowest BCUT2D eigenvalue weighted by molar-refractivity contribution is -0.126. The number of fused-ring (bicyclic) bond motifs is 1. The summed E-state index contributed by atoms with van der Waals surface area (Å²) >= 11 is 0. The quantitative estimate of drug-likeness (QED) is 0.237. The van der Waals surface area contributed by atoms with E-state index < -0.39 is 5.41 Å². The number of methoxy groups -OCH3 is 1. The van der Waals surface area contributed by atoms with E-state index in [1.165, 1.54) is 11.1 Å². The van der Waals surface area contributed by atoms with Crippen LogP contribution in [0, 0.1) is 23.2 Å². The van der Waals surface area contributed by atoms with Gasteiger partial charge in [-0.3, -0.25) is 9.59 Å². The van der Waals surface area contributed by atoms with Crippen molar-refractivity contribution in [2.45, 2.75) is 79.6 Å². The monoisotopic (exact) mass is 474 g/mol. The number of ketones is 2. The molecule has 0 N–H and O–H groups in total. The van der Waals surface area contributed by atoms with E-state index in [0.29, 0.717) is 38.4 Å². The molecule has 0 radical (unpaired) electrons. The van der Waals surface area contributed by atoms with Gasteiger partial charge in [0.25, 0.3) is 0 Å². The molecule has 34 heavy (non-hydrogen) atoms. The number of Topliss-reactive ketones (excluding diaryl/α,β-unsaturated/α-hetero) is 2. The van der Waals surface area contributed by atoms with Crippen molar-refractivity contribution in [2.24, 2.45) is 23.2 Å². The van der Waals surface area contributed by atoms with Gasteiger partial charge in [-0.15, -0.1) is 0 Å². The summed E-state index contributed by atoms with van der Waals surface area (Å²) in [5, 5.41) is 0. The van der Waals surface area contributed by atoms with Gasteiger partial charge in [-0.05, 0) is 76.2 Å². The Hall–Kier alpha value is -1.56. The largest absolute Gasteiger partial charge is 0.382 e. The highest BCUT2D eigenvalue weighted by Gasteiger charge is 2.51. The molecule has 0 spiro atoms. The second-order valence-electron chi connectivity index (χ2n) is 10.6. The highest BCUT2D eigenvalue weighted by atomic mass is 16.7. The third-order valence-corrected chi connectivity index (χ3v) is 7.87. The first-order valence-corrected chi connectivity index (χ1v) is 12.9. The molecule has 5 nitrogen and oxygen atoms in total. The molecule has 0 aromatic heterocycles. The second-order valence-corrected chi connectivity index (χ2v) is 10.6. The van der Waals surface area contributed by atoms with E-state index in [9.17, 15) is 9.59 Å². The fourth-order valence-electron chi connectivity index (χ4n) is 5.25. The highest BCUT2D eigenvalue weighted by Crippen LogP contribution is 2.51. The standard InChI is InChI=1S/C29H46O5/c1-21-8-7-9-22(2)14-15-29(5)26(12-11-23(3)27(30)13-10-21)25(18-28(29)31)24(4)19-34-20-33-17-16-32-6/h8,11,14,24-26H,7,9-10,12-13,15-20H2,1-6H3/b21-8+,22-14-,23-11-/t24-,25+,26-,29+/m1/s1. The van der Waals surface area contributed by atoms with Crippen LogP contribution in [0.3, 0.4) is 0 Å². The van der Waals surface area contributed by atoms with Gasteiger partial charge in [-0.1, -0.05) is 43.2 Å². The van der Waals surface area contributed by atoms with Crippen LogP contribution in [0.4, 0.5) is 0 Å². The van der Waals surface area contributed by atoms with Gasteiger partial charge >= 0.3 is 0 Å². The van der Waals surface area contributed by atoms with Crippen LogP contribution in [0.1, 0.15) is 79.6 Å². The summed E-state index contributed by atoms with van der Waals surface area (Å²) in [5.41, 5.74) is 3.02. The van der Waals surface area contributed by atoms with E-state index in [2.05, 4.69) is 45.9 Å². The molecule has 2 aliphatic rings. The molecular weight excluding hydrogens is 428 g/mol. The Balaban J connectivity index is 2.20. The molecule has 2 aliphatic carbocycles. The average Bonchev–Trinajstić information content (AvgIpc) is 3.06. The Morgan fingerprint density at radius 3 is 2.47 bits per heavy atom. The summed E-state index contributed by atoms with van der Waals surface area (Å²) in [6.07, 6.45) is 12.1. The third kappa shape index (κ3) is 8.28. The smallest absolute Gasteiger partial charge is 0.158 e. The number of rotatable bonds is 8. The maximum atomic E-state index is 13.4. The molecule has 4 atom stereocenters. The Bertz CT molecular complexity index is 777. The van der Waals surface area contributed by atoms with E-state index >= 15 is 0 Å². The van der Waals surface area contributed by atoms with Gasteiger partial charge in [0.1, 0.15) is 12.6 Å². The van der Waals surface area contributed by atoms with Crippen LogP contribution in [0.5, 0.6) is 0 Å². The average molecular weight is 475 g/mol. The van der Waals surface area contributed by atoms with Gasteiger partial charge < -0.3 is 14.2 Å². The lowest BCUT2D eigenvalue weighted by Gasteiger charge is -2.34. The number of carbonyl (C=O) groups is 2. The van der Waals surface area contributed by atoms with E-state index in [1.807, 2.05) is 6.92 Å². The summed E-state index contributed by atoms with van der Waals surface area (Å²) in [6.45, 7) is 12.4. The first kappa shape index (κ1) is 28.7. The molecule has 0 unspecified atom stereocenters. The normalized spacial score (nSPS) is 32.9. The molecule has 5 heteroatoms. The lowest BCUT2D eigenvalue weighted by atomic mass is 9.69. The number of hydrogen-bond donors (Lipinski definition) is 0. The van der Waals surface area contributed by atoms with Crippen molar-refractivity contribution in [1.29, 1.82) is 0 Å². The molecule has 1 fully saturated rings. The van der Waals surface area contributed by atoms with Gasteiger partial charge in [0.2, 0.25) is 0 Å². The predicted octanol–water partition coefficient (Wildman–Crippen LogP) is 6.23. The molecular formula is C29H46O5. The zero-order valence-corrected chi connectivity index (χ0v) is 22.3. The molecule has 0 heterocycles. The van der Waals surface area contributed by atoms with Crippen molar-refractivity contribution in [3.05, 3.63) is 34.9 Å². The number of ether oxygens (including phenoxy) is 3. The Kier molecular flexibility index (Phi) is 11.9. The second kappa shape index (κ2) is 14.1. The lowest BCUT2D eigenvalue weighted by Crippen LogP contribution is -2.32. The van der Waals surface area contributed by atoms with Crippen molar-refractivity contribution in [3.63, 3.8) is 0 Å². The minimum absolute atomic E-state index is 0.185. The summed E-state index contributed by atoms with van der Waals surface area (Å²) in [7, 11) is 1.65. The maximum Gasteiger partial charge on any atom is 0.158 e. The van der Waals surface area contributed by atoms with Crippen molar-refractivity contribution in [1.82, 2.24) is 0 Å². The van der Waals surface area contributed by atoms with Gasteiger partial charge in [0.05, 0.1) is 19.8 Å². The zero-order valence-electron chi connectivity index (χ0n) is 22.3. The molecule has 192 valence electrons. The summed E-state index contributed by atoms with van der Waals surface area (Å²) in [5.74, 6) is 1.19. The molecule has 2 rings (SSSR count). The van der Waals surface area contributed by atoms with Crippen LogP contribution in [0.2, 0.25) is 0 Å². The minimum atomic E-state index is -0.416. The Morgan fingerprint density at radius 2 is 1.74 bits per heavy atom. The molecule has 0 aliphatic heterocycles. The molecule has 0 amide bonds. The first-order valence-electron chi connectivity index (χ1n) is 12.9. The van der Waals surface area contributed by atoms with Crippen LogP contribution in [0.25, 0.3) is 0 Å². The molecule has 0 bridgehead atoms. The van der Waals surface area contributed by atoms with Crippen LogP contribution < -0.4 is 0 Å². The summed E-state index contributed by atoms with van der Waals surface area (Å²) in [6, 6.07) is 0. The number of carbonyl (C=O) groups excluding carboxylic acids is 2. The van der Waals surface area contributed by atoms with Crippen LogP contribution in [-0.2, 0) is 23.8 Å². The fraction of sp³-hybridized carbons (Fsp3) is 0.724. The maximum absolute atomic E-state index is 13.4. The molecule has 0 aromatic rings. The van der Waals surface area contributed by atoms with Crippen molar-refractivity contribution >= 4 is 11.6 Å². The number of hydrogen-bond acceptors (Lipinski definition) is 5. The van der Waals surface area contributed by atoms with Gasteiger partial charge in [-0.2, -0.15) is 0 Å². The van der Waals surface area contributed by atoms with Crippen molar-refractivity contribution in [3.8, 4) is 0 Å².